The van der Waals surface area contributed by atoms with Crippen molar-refractivity contribution in [2.75, 3.05) is 6.54 Å². The predicted molar refractivity (Wildman–Crippen MR) is 76.0 cm³/mol. The molecule has 1 aromatic carbocycles. The van der Waals surface area contributed by atoms with Gasteiger partial charge in [0.2, 0.25) is 11.8 Å². The molecule has 1 heterocycles. The van der Waals surface area contributed by atoms with Crippen molar-refractivity contribution in [2.24, 2.45) is 0 Å². The van der Waals surface area contributed by atoms with Gasteiger partial charge in [-0.2, -0.15) is 0 Å². The van der Waals surface area contributed by atoms with Gasteiger partial charge in [-0.15, -0.1) is 10.2 Å². The van der Waals surface area contributed by atoms with E-state index in [2.05, 4.69) is 31.4 Å². The summed E-state index contributed by atoms with van der Waals surface area (Å²) in [6.45, 7) is 1.03. The first-order chi connectivity index (χ1) is 9.65. The molecular weight excluding hydrogens is 326 g/mol. The first kappa shape index (κ1) is 14.7. The number of rotatable bonds is 7. The Labute approximate surface area is 124 Å². The van der Waals surface area contributed by atoms with Crippen LogP contribution in [0.4, 0.5) is 0 Å². The topological polar surface area (TPSA) is 88.2 Å². The average molecular weight is 340 g/mol. The highest BCUT2D eigenvalue weighted by Crippen LogP contribution is 2.21. The van der Waals surface area contributed by atoms with Crippen LogP contribution >= 0.6 is 15.9 Å². The molecule has 0 aliphatic heterocycles. The molecule has 6 nitrogen and oxygen atoms in total. The van der Waals surface area contributed by atoms with Gasteiger partial charge in [-0.05, 0) is 31.2 Å². The molecule has 7 heteroatoms. The zero-order chi connectivity index (χ0) is 14.4. The number of nitrogens with zero attached hydrogens (tertiary/aromatic N) is 2. The Balaban J connectivity index is 1.85. The smallest absolute Gasteiger partial charge is 0.303 e. The lowest BCUT2D eigenvalue weighted by molar-refractivity contribution is -0.137. The van der Waals surface area contributed by atoms with Crippen molar-refractivity contribution in [1.82, 2.24) is 15.5 Å². The summed E-state index contributed by atoms with van der Waals surface area (Å²) in [6.07, 6.45) is 0.724. The summed E-state index contributed by atoms with van der Waals surface area (Å²) in [7, 11) is 0. The molecule has 2 N–H and O–H groups in total. The van der Waals surface area contributed by atoms with E-state index in [1.165, 1.54) is 0 Å². The molecule has 0 aliphatic rings. The van der Waals surface area contributed by atoms with Crippen molar-refractivity contribution in [3.8, 4) is 11.5 Å². The summed E-state index contributed by atoms with van der Waals surface area (Å²) in [5.41, 5.74) is 0.851. The second kappa shape index (κ2) is 7.16. The van der Waals surface area contributed by atoms with Gasteiger partial charge in [0.15, 0.2) is 0 Å². The number of halogens is 1. The van der Waals surface area contributed by atoms with E-state index in [0.29, 0.717) is 31.3 Å². The minimum atomic E-state index is -0.790. The highest BCUT2D eigenvalue weighted by molar-refractivity contribution is 9.10. The molecule has 0 aliphatic carbocycles. The van der Waals surface area contributed by atoms with Crippen LogP contribution in [0.1, 0.15) is 18.7 Å². The summed E-state index contributed by atoms with van der Waals surface area (Å²) < 4.78 is 6.48. The Morgan fingerprint density at radius 2 is 2.25 bits per heavy atom. The average Bonchev–Trinajstić information content (AvgIpc) is 2.87. The molecule has 0 saturated heterocycles. The Morgan fingerprint density at radius 1 is 1.40 bits per heavy atom. The van der Waals surface area contributed by atoms with E-state index in [1.807, 2.05) is 24.3 Å². The molecule has 0 fully saturated rings. The predicted octanol–water partition coefficient (Wildman–Crippen LogP) is 2.45. The maximum Gasteiger partial charge on any atom is 0.303 e. The maximum absolute atomic E-state index is 10.3. The van der Waals surface area contributed by atoms with Gasteiger partial charge in [-0.3, -0.25) is 4.79 Å². The largest absolute Gasteiger partial charge is 0.481 e. The van der Waals surface area contributed by atoms with E-state index < -0.39 is 5.97 Å². The van der Waals surface area contributed by atoms with Crippen LogP contribution in [0.15, 0.2) is 33.2 Å². The highest BCUT2D eigenvalue weighted by Gasteiger charge is 2.08. The molecule has 20 heavy (non-hydrogen) atoms. The van der Waals surface area contributed by atoms with Crippen LogP contribution < -0.4 is 5.32 Å². The molecule has 0 radical (unpaired) electrons. The number of carboxylic acids is 1. The standard InChI is InChI=1S/C13H14BrN3O3/c14-10-4-1-3-9(7-10)13-17-16-11(20-13)8-15-6-2-5-12(18)19/h1,3-4,7,15H,2,5-6,8H2,(H,18,19). The molecule has 0 saturated carbocycles. The third kappa shape index (κ3) is 4.43. The Bertz CT molecular complexity index is 586. The summed E-state index contributed by atoms with van der Waals surface area (Å²) in [6, 6.07) is 7.61. The monoisotopic (exact) mass is 339 g/mol. The van der Waals surface area contributed by atoms with E-state index in [4.69, 9.17) is 9.52 Å². The lowest BCUT2D eigenvalue weighted by atomic mass is 10.2. The molecule has 0 bridgehead atoms. The van der Waals surface area contributed by atoms with E-state index in [9.17, 15) is 4.79 Å². The minimum absolute atomic E-state index is 0.153. The molecular formula is C13H14BrN3O3. The Hall–Kier alpha value is -1.73. The van der Waals surface area contributed by atoms with Gasteiger partial charge in [0.05, 0.1) is 6.54 Å². The van der Waals surface area contributed by atoms with E-state index in [1.54, 1.807) is 0 Å². The molecule has 0 amide bonds. The molecule has 1 aromatic heterocycles. The fraction of sp³-hybridized carbons (Fsp3) is 0.308. The maximum atomic E-state index is 10.3. The number of aliphatic carboxylic acids is 1. The molecule has 2 aromatic rings. The van der Waals surface area contributed by atoms with Gasteiger partial charge >= 0.3 is 5.97 Å². The summed E-state index contributed by atoms with van der Waals surface area (Å²) in [5, 5.41) is 19.5. The number of carbonyl (C=O) groups is 1. The van der Waals surface area contributed by atoms with Crippen LogP contribution in [-0.4, -0.2) is 27.8 Å². The number of hydrogen-bond acceptors (Lipinski definition) is 5. The summed E-state index contributed by atoms with van der Waals surface area (Å²) >= 11 is 3.39. The SMILES string of the molecule is O=C(O)CCCNCc1nnc(-c2cccc(Br)c2)o1. The van der Waals surface area contributed by atoms with Crippen LogP contribution in [0, 0.1) is 0 Å². The third-order valence-electron chi connectivity index (χ3n) is 2.56. The Kier molecular flexibility index (Phi) is 5.25. The second-order valence-corrected chi connectivity index (χ2v) is 5.10. The van der Waals surface area contributed by atoms with Crippen LogP contribution in [0.3, 0.4) is 0 Å². The van der Waals surface area contributed by atoms with Gasteiger partial charge < -0.3 is 14.8 Å². The van der Waals surface area contributed by atoms with Crippen molar-refractivity contribution in [2.45, 2.75) is 19.4 Å². The lowest BCUT2D eigenvalue weighted by Gasteiger charge is -1.99. The second-order valence-electron chi connectivity index (χ2n) is 4.19. The van der Waals surface area contributed by atoms with Crippen molar-refractivity contribution in [3.05, 3.63) is 34.6 Å². The van der Waals surface area contributed by atoms with Crippen molar-refractivity contribution < 1.29 is 14.3 Å². The molecule has 0 spiro atoms. The fourth-order valence-corrected chi connectivity index (χ4v) is 2.02. The molecule has 0 atom stereocenters. The van der Waals surface area contributed by atoms with Gasteiger partial charge in [0, 0.05) is 16.5 Å². The number of aromatic nitrogens is 2. The summed E-state index contributed by atoms with van der Waals surface area (Å²) in [5.74, 6) is 0.158. The number of carboxylic acid groups (broad SMARTS) is 1. The van der Waals surface area contributed by atoms with Crippen molar-refractivity contribution in [1.29, 1.82) is 0 Å². The molecule has 106 valence electrons. The van der Waals surface area contributed by atoms with Gasteiger partial charge in [0.25, 0.3) is 0 Å². The normalized spacial score (nSPS) is 10.7. The number of hydrogen-bond donors (Lipinski definition) is 2. The number of benzene rings is 1. The van der Waals surface area contributed by atoms with Crippen LogP contribution in [0.5, 0.6) is 0 Å². The quantitative estimate of drug-likeness (QED) is 0.753. The minimum Gasteiger partial charge on any atom is -0.481 e. The van der Waals surface area contributed by atoms with Crippen LogP contribution in [0.2, 0.25) is 0 Å². The highest BCUT2D eigenvalue weighted by atomic mass is 79.9. The van der Waals surface area contributed by atoms with E-state index in [-0.39, 0.29) is 6.42 Å². The number of nitrogens with one attached hydrogen (secondary N) is 1. The van der Waals surface area contributed by atoms with Crippen molar-refractivity contribution >= 4 is 21.9 Å². The first-order valence-electron chi connectivity index (χ1n) is 6.16. The van der Waals surface area contributed by atoms with Crippen LogP contribution in [0.25, 0.3) is 11.5 Å². The van der Waals surface area contributed by atoms with E-state index in [0.717, 1.165) is 10.0 Å². The van der Waals surface area contributed by atoms with Crippen LogP contribution in [-0.2, 0) is 11.3 Å². The van der Waals surface area contributed by atoms with Crippen molar-refractivity contribution in [3.63, 3.8) is 0 Å². The molecule has 2 rings (SSSR count). The van der Waals surface area contributed by atoms with E-state index >= 15 is 0 Å². The zero-order valence-electron chi connectivity index (χ0n) is 10.7. The first-order valence-corrected chi connectivity index (χ1v) is 6.95. The van der Waals surface area contributed by atoms with Gasteiger partial charge in [0.1, 0.15) is 0 Å². The van der Waals surface area contributed by atoms with Gasteiger partial charge in [-0.1, -0.05) is 22.0 Å². The molecule has 0 unspecified atom stereocenters. The lowest BCUT2D eigenvalue weighted by Crippen LogP contribution is -2.15. The third-order valence-corrected chi connectivity index (χ3v) is 3.05. The zero-order valence-corrected chi connectivity index (χ0v) is 12.3. The fourth-order valence-electron chi connectivity index (χ4n) is 1.62. The Morgan fingerprint density at radius 3 is 3.00 bits per heavy atom. The van der Waals surface area contributed by atoms with Gasteiger partial charge in [-0.25, -0.2) is 0 Å². The summed E-state index contributed by atoms with van der Waals surface area (Å²) in [4.78, 5) is 10.3.